The van der Waals surface area contributed by atoms with Gasteiger partial charge in [-0.15, -0.1) is 0 Å². The smallest absolute Gasteiger partial charge is 0.266 e. The zero-order valence-electron chi connectivity index (χ0n) is 17.4. The van der Waals surface area contributed by atoms with E-state index in [9.17, 15) is 9.59 Å². The fourth-order valence-corrected chi connectivity index (χ4v) is 5.78. The Bertz CT molecular complexity index is 1030. The number of likely N-dealkylation sites (N-methyl/N-ethyl adjacent to an activating group) is 1. The number of benzene rings is 1. The first-order valence-corrected chi connectivity index (χ1v) is 11.9. The number of hydrogen-bond acceptors (Lipinski definition) is 4. The highest BCUT2D eigenvalue weighted by Gasteiger charge is 2.31. The molecule has 0 bridgehead atoms. The maximum Gasteiger partial charge on any atom is 0.266 e. The van der Waals surface area contributed by atoms with Gasteiger partial charge in [0.05, 0.1) is 10.4 Å². The van der Waals surface area contributed by atoms with Crippen LogP contribution in [0, 0.1) is 0 Å². The molecular weight excluding hydrogens is 414 g/mol. The van der Waals surface area contributed by atoms with Gasteiger partial charge in [0, 0.05) is 29.7 Å². The normalized spacial score (nSPS) is 18.9. The van der Waals surface area contributed by atoms with E-state index >= 15 is 0 Å². The molecule has 1 aliphatic carbocycles. The number of nitrogens with zero attached hydrogens (tertiary/aromatic N) is 2. The maximum absolute atomic E-state index is 12.7. The van der Waals surface area contributed by atoms with E-state index in [-0.39, 0.29) is 18.4 Å². The Kier molecular flexibility index (Phi) is 6.29. The fourth-order valence-electron chi connectivity index (χ4n) is 4.40. The molecule has 7 heteroatoms. The van der Waals surface area contributed by atoms with Gasteiger partial charge in [-0.2, -0.15) is 0 Å². The lowest BCUT2D eigenvalue weighted by Gasteiger charge is -2.13. The molecular formula is C23H27N3O2S2. The molecule has 4 rings (SSSR count). The second kappa shape index (κ2) is 8.94. The third kappa shape index (κ3) is 4.05. The lowest BCUT2D eigenvalue weighted by Crippen LogP contribution is -2.35. The Morgan fingerprint density at radius 1 is 1.30 bits per heavy atom. The summed E-state index contributed by atoms with van der Waals surface area (Å²) >= 11 is 6.69. The van der Waals surface area contributed by atoms with Gasteiger partial charge in [0.2, 0.25) is 5.91 Å². The van der Waals surface area contributed by atoms with Crippen molar-refractivity contribution in [2.45, 2.75) is 58.5 Å². The highest BCUT2D eigenvalue weighted by Crippen LogP contribution is 2.35. The number of aryl methyl sites for hydroxylation is 1. The molecule has 30 heavy (non-hydrogen) atoms. The van der Waals surface area contributed by atoms with Gasteiger partial charge in [0.25, 0.3) is 5.91 Å². The van der Waals surface area contributed by atoms with E-state index in [4.69, 9.17) is 12.2 Å². The summed E-state index contributed by atoms with van der Waals surface area (Å²) in [5, 5.41) is 4.24. The minimum atomic E-state index is -0.0426. The van der Waals surface area contributed by atoms with Gasteiger partial charge in [0.15, 0.2) is 0 Å². The summed E-state index contributed by atoms with van der Waals surface area (Å²) in [6.45, 7) is 4.91. The summed E-state index contributed by atoms with van der Waals surface area (Å²) in [5.74, 6) is 0.00702. The van der Waals surface area contributed by atoms with Crippen molar-refractivity contribution in [3.63, 3.8) is 0 Å². The molecule has 1 aliphatic heterocycles. The number of carbonyl (C=O) groups excluding carboxylic acids is 2. The Labute approximate surface area is 186 Å². The average Bonchev–Trinajstić information content (AvgIpc) is 3.42. The minimum absolute atomic E-state index is 0.0426. The first-order valence-electron chi connectivity index (χ1n) is 10.7. The highest BCUT2D eigenvalue weighted by molar-refractivity contribution is 8.26. The van der Waals surface area contributed by atoms with E-state index in [2.05, 4.69) is 24.4 Å². The third-order valence-corrected chi connectivity index (χ3v) is 7.28. The molecule has 1 aromatic carbocycles. The Morgan fingerprint density at radius 2 is 2.07 bits per heavy atom. The predicted molar refractivity (Wildman–Crippen MR) is 127 cm³/mol. The van der Waals surface area contributed by atoms with Gasteiger partial charge in [0.1, 0.15) is 10.9 Å². The Balaban J connectivity index is 1.69. The molecule has 2 heterocycles. The molecule has 1 saturated carbocycles. The number of nitrogens with one attached hydrogen (secondary N) is 1. The van der Waals surface area contributed by atoms with Crippen molar-refractivity contribution >= 4 is 57.1 Å². The number of amides is 2. The van der Waals surface area contributed by atoms with Crippen LogP contribution in [-0.2, 0) is 22.6 Å². The third-order valence-electron chi connectivity index (χ3n) is 5.90. The van der Waals surface area contributed by atoms with Crippen LogP contribution in [0.5, 0.6) is 0 Å². The van der Waals surface area contributed by atoms with E-state index in [1.165, 1.54) is 30.2 Å². The van der Waals surface area contributed by atoms with Crippen LogP contribution in [0.3, 0.4) is 0 Å². The number of carbonyl (C=O) groups is 2. The summed E-state index contributed by atoms with van der Waals surface area (Å²) in [6.07, 6.45) is 9.32. The summed E-state index contributed by atoms with van der Waals surface area (Å²) < 4.78 is 2.63. The van der Waals surface area contributed by atoms with Crippen molar-refractivity contribution in [1.29, 1.82) is 0 Å². The molecule has 1 saturated heterocycles. The number of para-hydroxylation sites is 1. The van der Waals surface area contributed by atoms with Crippen molar-refractivity contribution in [2.75, 3.05) is 6.54 Å². The Hall–Kier alpha value is -2.12. The molecule has 158 valence electrons. The van der Waals surface area contributed by atoms with Crippen LogP contribution in [0.2, 0.25) is 0 Å². The van der Waals surface area contributed by atoms with Crippen molar-refractivity contribution in [2.24, 2.45) is 0 Å². The van der Waals surface area contributed by atoms with Gasteiger partial charge in [-0.3, -0.25) is 14.5 Å². The average molecular weight is 442 g/mol. The number of hydrogen-bond donors (Lipinski definition) is 1. The van der Waals surface area contributed by atoms with Crippen molar-refractivity contribution in [3.05, 3.63) is 40.4 Å². The van der Waals surface area contributed by atoms with Crippen molar-refractivity contribution in [3.8, 4) is 0 Å². The predicted octanol–water partition coefficient (Wildman–Crippen LogP) is 4.48. The number of thioether (sulfide) groups is 1. The summed E-state index contributed by atoms with van der Waals surface area (Å²) in [4.78, 5) is 27.6. The van der Waals surface area contributed by atoms with Crippen LogP contribution in [0.4, 0.5) is 0 Å². The quantitative estimate of drug-likeness (QED) is 0.530. The van der Waals surface area contributed by atoms with Crippen molar-refractivity contribution < 1.29 is 9.59 Å². The lowest BCUT2D eigenvalue weighted by molar-refractivity contribution is -0.123. The number of fused-ring (bicyclic) bond motifs is 1. The van der Waals surface area contributed by atoms with Crippen LogP contribution in [0.25, 0.3) is 17.0 Å². The van der Waals surface area contributed by atoms with Crippen LogP contribution < -0.4 is 5.32 Å². The monoisotopic (exact) mass is 441 g/mol. The highest BCUT2D eigenvalue weighted by atomic mass is 32.2. The summed E-state index contributed by atoms with van der Waals surface area (Å²) in [6, 6.07) is 6.51. The molecule has 2 aliphatic rings. The SMILES string of the molecule is CCc1cccc2c(/C=C3\SC(=S)N(CC)C3=O)cn(CC(=O)NC3CCCC3)c12. The zero-order valence-corrected chi connectivity index (χ0v) is 19.1. The number of thiocarbonyl (C=S) groups is 1. The molecule has 0 radical (unpaired) electrons. The number of aromatic nitrogens is 1. The summed E-state index contributed by atoms with van der Waals surface area (Å²) in [5.41, 5.74) is 3.21. The van der Waals surface area contributed by atoms with Gasteiger partial charge in [-0.1, -0.05) is 61.9 Å². The molecule has 0 unspecified atom stereocenters. The molecule has 0 atom stereocenters. The largest absolute Gasteiger partial charge is 0.352 e. The van der Waals surface area contributed by atoms with Crippen LogP contribution >= 0.6 is 24.0 Å². The van der Waals surface area contributed by atoms with Gasteiger partial charge in [-0.25, -0.2) is 0 Å². The van der Waals surface area contributed by atoms with E-state index in [0.29, 0.717) is 21.8 Å². The van der Waals surface area contributed by atoms with Crippen LogP contribution in [0.1, 0.15) is 50.7 Å². The molecule has 2 amide bonds. The summed E-state index contributed by atoms with van der Waals surface area (Å²) in [7, 11) is 0. The van der Waals surface area contributed by atoms with Crippen molar-refractivity contribution in [1.82, 2.24) is 14.8 Å². The molecule has 2 aromatic rings. The van der Waals surface area contributed by atoms with Crippen LogP contribution in [-0.4, -0.2) is 38.2 Å². The molecule has 0 spiro atoms. The van der Waals surface area contributed by atoms with Gasteiger partial charge >= 0.3 is 0 Å². The standard InChI is InChI=1S/C23H27N3O2S2/c1-3-15-8-7-11-18-16(12-19-22(28)26(4-2)23(29)30-19)13-25(21(15)18)14-20(27)24-17-9-5-6-10-17/h7-8,11-13,17H,3-6,9-10,14H2,1-2H3,(H,24,27)/b19-12-. The van der Waals surface area contributed by atoms with Gasteiger partial charge < -0.3 is 9.88 Å². The fraction of sp³-hybridized carbons (Fsp3) is 0.435. The maximum atomic E-state index is 12.7. The van der Waals surface area contributed by atoms with E-state index in [1.54, 1.807) is 4.90 Å². The van der Waals surface area contributed by atoms with E-state index in [0.717, 1.165) is 35.7 Å². The molecule has 2 fully saturated rings. The van der Waals surface area contributed by atoms with Crippen LogP contribution in [0.15, 0.2) is 29.3 Å². The topological polar surface area (TPSA) is 54.3 Å². The second-order valence-electron chi connectivity index (χ2n) is 7.85. The number of rotatable bonds is 6. The minimum Gasteiger partial charge on any atom is -0.352 e. The van der Waals surface area contributed by atoms with E-state index < -0.39 is 0 Å². The molecule has 1 aromatic heterocycles. The lowest BCUT2D eigenvalue weighted by atomic mass is 10.1. The zero-order chi connectivity index (χ0) is 21.3. The van der Waals surface area contributed by atoms with E-state index in [1.807, 2.05) is 29.8 Å². The first-order chi connectivity index (χ1) is 14.5. The van der Waals surface area contributed by atoms with Gasteiger partial charge in [-0.05, 0) is 37.8 Å². The first kappa shape index (κ1) is 21.1. The Morgan fingerprint density at radius 3 is 2.73 bits per heavy atom. The second-order valence-corrected chi connectivity index (χ2v) is 9.53. The molecule has 5 nitrogen and oxygen atoms in total. The molecule has 1 N–H and O–H groups in total.